The van der Waals surface area contributed by atoms with Gasteiger partial charge in [-0.2, -0.15) is 5.01 Å². The van der Waals surface area contributed by atoms with E-state index in [0.717, 1.165) is 33.2 Å². The topological polar surface area (TPSA) is 67.2 Å². The number of para-hydroxylation sites is 1. The molecule has 1 N–H and O–H groups in total. The van der Waals surface area contributed by atoms with E-state index in [0.29, 0.717) is 10.5 Å². The smallest absolute Gasteiger partial charge is 0.285 e. The fourth-order valence-electron chi connectivity index (χ4n) is 2.86. The molecule has 134 valence electrons. The molecule has 0 unspecified atom stereocenters. The van der Waals surface area contributed by atoms with Crippen LogP contribution in [-0.2, 0) is 11.8 Å². The van der Waals surface area contributed by atoms with Crippen LogP contribution in [0.1, 0.15) is 15.9 Å². The van der Waals surface area contributed by atoms with Gasteiger partial charge in [0.1, 0.15) is 0 Å². The first-order valence-corrected chi connectivity index (χ1v) is 9.30. The van der Waals surface area contributed by atoms with E-state index in [1.165, 1.54) is 6.20 Å². The molecule has 6 nitrogen and oxygen atoms in total. The maximum Gasteiger partial charge on any atom is 0.285 e. The van der Waals surface area contributed by atoms with E-state index in [2.05, 4.69) is 10.4 Å². The number of hydrogen-bond acceptors (Lipinski definition) is 5. The highest BCUT2D eigenvalue weighted by Crippen LogP contribution is 2.33. The number of amides is 2. The number of aryl methyl sites for hydroxylation is 1. The summed E-state index contributed by atoms with van der Waals surface area (Å²) in [6, 6.07) is 11.2. The molecule has 0 saturated carbocycles. The van der Waals surface area contributed by atoms with Crippen molar-refractivity contribution in [2.75, 3.05) is 0 Å². The van der Waals surface area contributed by atoms with Gasteiger partial charge in [-0.3, -0.25) is 20.0 Å². The van der Waals surface area contributed by atoms with Gasteiger partial charge in [0.25, 0.3) is 11.8 Å². The van der Waals surface area contributed by atoms with Crippen LogP contribution < -0.4 is 5.43 Å². The number of hydrogen-bond donors (Lipinski definition) is 1. The average molecular weight is 394 g/mol. The molecule has 0 spiro atoms. The Labute approximate surface area is 164 Å². The first-order valence-electron chi connectivity index (χ1n) is 8.07. The molecule has 3 heterocycles. The second-order valence-electron chi connectivity index (χ2n) is 5.91. The van der Waals surface area contributed by atoms with Crippen LogP contribution in [0.5, 0.6) is 0 Å². The van der Waals surface area contributed by atoms with Crippen molar-refractivity contribution in [2.24, 2.45) is 7.05 Å². The summed E-state index contributed by atoms with van der Waals surface area (Å²) in [5.74, 6) is -0.791. The maximum atomic E-state index is 12.7. The molecule has 1 aromatic carbocycles. The van der Waals surface area contributed by atoms with Crippen molar-refractivity contribution >= 4 is 57.1 Å². The predicted molar refractivity (Wildman–Crippen MR) is 110 cm³/mol. The molecule has 0 bridgehead atoms. The number of aromatic nitrogens is 2. The van der Waals surface area contributed by atoms with Crippen LogP contribution in [0.2, 0.25) is 0 Å². The first kappa shape index (κ1) is 17.4. The fraction of sp³-hybridized carbons (Fsp3) is 0.0526. The average Bonchev–Trinajstić information content (AvgIpc) is 3.14. The van der Waals surface area contributed by atoms with E-state index in [1.54, 1.807) is 24.4 Å². The van der Waals surface area contributed by atoms with Gasteiger partial charge in [0.2, 0.25) is 0 Å². The second kappa shape index (κ2) is 6.98. The van der Waals surface area contributed by atoms with Crippen LogP contribution in [0.25, 0.3) is 17.0 Å². The van der Waals surface area contributed by atoms with Gasteiger partial charge in [0.05, 0.1) is 10.5 Å². The largest absolute Gasteiger partial charge is 0.350 e. The maximum absolute atomic E-state index is 12.7. The van der Waals surface area contributed by atoms with E-state index in [-0.39, 0.29) is 10.2 Å². The predicted octanol–water partition coefficient (Wildman–Crippen LogP) is 3.12. The summed E-state index contributed by atoms with van der Waals surface area (Å²) in [5.41, 5.74) is 4.90. The summed E-state index contributed by atoms with van der Waals surface area (Å²) in [6.07, 6.45) is 6.77. The van der Waals surface area contributed by atoms with Gasteiger partial charge in [0, 0.05) is 42.1 Å². The number of pyridine rings is 1. The highest BCUT2D eigenvalue weighted by molar-refractivity contribution is 8.26. The van der Waals surface area contributed by atoms with Crippen LogP contribution in [0, 0.1) is 0 Å². The zero-order valence-electron chi connectivity index (χ0n) is 14.2. The van der Waals surface area contributed by atoms with E-state index in [9.17, 15) is 9.59 Å². The van der Waals surface area contributed by atoms with Crippen LogP contribution in [-0.4, -0.2) is 30.7 Å². The van der Waals surface area contributed by atoms with Crippen LogP contribution in [0.15, 0.2) is 59.9 Å². The van der Waals surface area contributed by atoms with Crippen LogP contribution >= 0.6 is 24.0 Å². The number of rotatable bonds is 3. The lowest BCUT2D eigenvalue weighted by atomic mass is 10.1. The highest BCUT2D eigenvalue weighted by atomic mass is 32.2. The number of fused-ring (bicyclic) bond motifs is 1. The minimum atomic E-state index is -0.439. The van der Waals surface area contributed by atoms with Crippen molar-refractivity contribution in [2.45, 2.75) is 0 Å². The van der Waals surface area contributed by atoms with E-state index < -0.39 is 5.91 Å². The number of benzene rings is 1. The summed E-state index contributed by atoms with van der Waals surface area (Å²) < 4.78 is 2.29. The van der Waals surface area contributed by atoms with Crippen LogP contribution in [0.3, 0.4) is 0 Å². The van der Waals surface area contributed by atoms with Gasteiger partial charge in [-0.05, 0) is 36.5 Å². The lowest BCUT2D eigenvalue weighted by Crippen LogP contribution is -2.44. The number of nitrogens with one attached hydrogen (secondary N) is 1. The summed E-state index contributed by atoms with van der Waals surface area (Å²) in [5, 5.41) is 2.15. The van der Waals surface area contributed by atoms with Gasteiger partial charge in [-0.25, -0.2) is 0 Å². The zero-order chi connectivity index (χ0) is 19.0. The van der Waals surface area contributed by atoms with Gasteiger partial charge in [-0.1, -0.05) is 30.0 Å². The summed E-state index contributed by atoms with van der Waals surface area (Å²) in [4.78, 5) is 29.4. The summed E-state index contributed by atoms with van der Waals surface area (Å²) in [7, 11) is 1.96. The van der Waals surface area contributed by atoms with Crippen LogP contribution in [0.4, 0.5) is 0 Å². The van der Waals surface area contributed by atoms with E-state index >= 15 is 0 Å². The van der Waals surface area contributed by atoms with Gasteiger partial charge >= 0.3 is 0 Å². The number of thioether (sulfide) groups is 1. The standard InChI is InChI=1S/C19H14N4O2S2/c1-22-11-13(14-6-2-3-7-15(14)22)9-16-18(25)23(19(26)27-16)21-17(24)12-5-4-8-20-10-12/h2-11H,1H3,(H,21,24). The molecule has 1 aliphatic heterocycles. The molecule has 2 aromatic heterocycles. The SMILES string of the molecule is Cn1cc(C=C2SC(=S)N(NC(=O)c3cccnc3)C2=O)c2ccccc21. The molecule has 2 amide bonds. The van der Waals surface area contributed by atoms with Crippen molar-refractivity contribution in [1.29, 1.82) is 0 Å². The monoisotopic (exact) mass is 394 g/mol. The fourth-order valence-corrected chi connectivity index (χ4v) is 4.03. The lowest BCUT2D eigenvalue weighted by molar-refractivity contribution is -0.123. The number of hydrazine groups is 1. The number of carbonyl (C=O) groups excluding carboxylic acids is 2. The molecular formula is C19H14N4O2S2. The highest BCUT2D eigenvalue weighted by Gasteiger charge is 2.34. The Balaban J connectivity index is 1.61. The Bertz CT molecular complexity index is 1110. The molecule has 0 aliphatic carbocycles. The first-order chi connectivity index (χ1) is 13.0. The molecule has 1 aliphatic rings. The van der Waals surface area contributed by atoms with E-state index in [4.69, 9.17) is 12.2 Å². The van der Waals surface area contributed by atoms with Crippen molar-refractivity contribution < 1.29 is 9.59 Å². The minimum absolute atomic E-state index is 0.281. The summed E-state index contributed by atoms with van der Waals surface area (Å²) in [6.45, 7) is 0. The molecule has 0 radical (unpaired) electrons. The summed E-state index contributed by atoms with van der Waals surface area (Å²) >= 11 is 6.43. The number of nitrogens with zero attached hydrogens (tertiary/aromatic N) is 3. The Hall–Kier alpha value is -2.97. The van der Waals surface area contributed by atoms with Crippen molar-refractivity contribution in [3.05, 3.63) is 71.0 Å². The van der Waals surface area contributed by atoms with Gasteiger partial charge < -0.3 is 4.57 Å². The Morgan fingerprint density at radius 2 is 2.07 bits per heavy atom. The molecule has 8 heteroatoms. The Kier molecular flexibility index (Phi) is 4.51. The van der Waals surface area contributed by atoms with Gasteiger partial charge in [-0.15, -0.1) is 0 Å². The molecule has 0 atom stereocenters. The third-order valence-corrected chi connectivity index (χ3v) is 5.45. The molecule has 3 aromatic rings. The molecule has 1 fully saturated rings. The number of thiocarbonyl (C=S) groups is 1. The van der Waals surface area contributed by atoms with Gasteiger partial charge in [0.15, 0.2) is 4.32 Å². The van der Waals surface area contributed by atoms with Crippen molar-refractivity contribution in [3.8, 4) is 0 Å². The zero-order valence-corrected chi connectivity index (χ0v) is 15.9. The molecule has 4 rings (SSSR count). The Morgan fingerprint density at radius 3 is 2.85 bits per heavy atom. The molecular weight excluding hydrogens is 380 g/mol. The van der Waals surface area contributed by atoms with E-state index in [1.807, 2.05) is 42.1 Å². The third-order valence-electron chi connectivity index (χ3n) is 4.15. The minimum Gasteiger partial charge on any atom is -0.350 e. The molecule has 1 saturated heterocycles. The number of carbonyl (C=O) groups is 2. The molecule has 27 heavy (non-hydrogen) atoms. The van der Waals surface area contributed by atoms with Crippen molar-refractivity contribution in [3.63, 3.8) is 0 Å². The quantitative estimate of drug-likeness (QED) is 0.546. The lowest BCUT2D eigenvalue weighted by Gasteiger charge is -2.15. The van der Waals surface area contributed by atoms with Crippen molar-refractivity contribution in [1.82, 2.24) is 20.0 Å². The second-order valence-corrected chi connectivity index (χ2v) is 7.59. The normalized spacial score (nSPS) is 15.7. The third kappa shape index (κ3) is 3.24. The Morgan fingerprint density at radius 1 is 1.26 bits per heavy atom.